The topological polar surface area (TPSA) is 0 Å². The molecule has 0 N–H and O–H groups in total. The molecule has 1 rings (SSSR count). The largest absolute Gasteiger partial charge is 0.0628 e. The lowest BCUT2D eigenvalue weighted by Crippen LogP contribution is -1.95. The fourth-order valence-corrected chi connectivity index (χ4v) is 3.00. The quantitative estimate of drug-likeness (QED) is 0.418. The first kappa shape index (κ1) is 18.3. The van der Waals surface area contributed by atoms with Crippen molar-refractivity contribution in [3.8, 4) is 0 Å². The van der Waals surface area contributed by atoms with E-state index in [-0.39, 0.29) is 0 Å². The molecule has 0 radical (unpaired) electrons. The fourth-order valence-electron chi connectivity index (χ4n) is 3.00. The summed E-state index contributed by atoms with van der Waals surface area (Å²) in [4.78, 5) is 0. The predicted molar refractivity (Wildman–Crippen MR) is 96.0 cm³/mol. The van der Waals surface area contributed by atoms with Crippen LogP contribution in [-0.2, 0) is 12.8 Å². The van der Waals surface area contributed by atoms with Crippen molar-refractivity contribution in [3.63, 3.8) is 0 Å². The van der Waals surface area contributed by atoms with E-state index in [9.17, 15) is 0 Å². The summed E-state index contributed by atoms with van der Waals surface area (Å²) in [6.07, 6.45) is 10.7. The zero-order chi connectivity index (χ0) is 15.7. The Morgan fingerprint density at radius 2 is 1.10 bits per heavy atom. The minimum Gasteiger partial charge on any atom is -0.0628 e. The lowest BCUT2D eigenvalue weighted by molar-refractivity contribution is 0.536. The summed E-state index contributed by atoms with van der Waals surface area (Å²) in [7, 11) is 0. The maximum Gasteiger partial charge on any atom is -0.0279 e. The molecule has 0 heterocycles. The molecule has 0 aliphatic heterocycles. The van der Waals surface area contributed by atoms with E-state index < -0.39 is 0 Å². The van der Waals surface area contributed by atoms with Gasteiger partial charge in [0, 0.05) is 0 Å². The molecule has 1 aromatic rings. The van der Waals surface area contributed by atoms with E-state index in [1.807, 2.05) is 0 Å². The molecular weight excluding hydrogens is 252 g/mol. The number of benzene rings is 1. The van der Waals surface area contributed by atoms with Crippen molar-refractivity contribution in [1.82, 2.24) is 0 Å². The molecule has 0 heteroatoms. The van der Waals surface area contributed by atoms with Crippen LogP contribution in [0.25, 0.3) is 0 Å². The smallest absolute Gasteiger partial charge is 0.0279 e. The van der Waals surface area contributed by atoms with Gasteiger partial charge in [-0.05, 0) is 55.6 Å². The minimum atomic E-state index is 0.846. The van der Waals surface area contributed by atoms with E-state index in [0.717, 1.165) is 11.8 Å². The van der Waals surface area contributed by atoms with Crippen LogP contribution in [0.5, 0.6) is 0 Å². The molecule has 0 unspecified atom stereocenters. The van der Waals surface area contributed by atoms with Crippen LogP contribution in [0.1, 0.15) is 82.9 Å². The first-order valence-corrected chi connectivity index (χ1v) is 9.07. The van der Waals surface area contributed by atoms with Gasteiger partial charge in [-0.25, -0.2) is 0 Å². The third-order valence-electron chi connectivity index (χ3n) is 4.19. The van der Waals surface area contributed by atoms with Crippen molar-refractivity contribution >= 4 is 0 Å². The highest BCUT2D eigenvalue weighted by Crippen LogP contribution is 2.17. The van der Waals surface area contributed by atoms with E-state index in [0.29, 0.717) is 0 Å². The van der Waals surface area contributed by atoms with Crippen molar-refractivity contribution in [2.24, 2.45) is 11.8 Å². The Hall–Kier alpha value is -0.780. The Kier molecular flexibility index (Phi) is 8.73. The molecule has 0 aromatic heterocycles. The van der Waals surface area contributed by atoms with Gasteiger partial charge < -0.3 is 0 Å². The molecule has 0 aliphatic carbocycles. The van der Waals surface area contributed by atoms with Gasteiger partial charge in [0.15, 0.2) is 0 Å². The van der Waals surface area contributed by atoms with E-state index in [1.54, 1.807) is 11.1 Å². The van der Waals surface area contributed by atoms with Crippen molar-refractivity contribution in [2.45, 2.75) is 86.0 Å². The van der Waals surface area contributed by atoms with Gasteiger partial charge in [0.25, 0.3) is 0 Å². The summed E-state index contributed by atoms with van der Waals surface area (Å²) >= 11 is 0. The average Bonchev–Trinajstić information content (AvgIpc) is 2.39. The molecular formula is C21H36. The first-order valence-electron chi connectivity index (χ1n) is 9.07. The lowest BCUT2D eigenvalue weighted by Gasteiger charge is -2.09. The first-order chi connectivity index (χ1) is 9.97. The second-order valence-corrected chi connectivity index (χ2v) is 7.61. The van der Waals surface area contributed by atoms with Crippen molar-refractivity contribution < 1.29 is 0 Å². The Balaban J connectivity index is 2.39. The van der Waals surface area contributed by atoms with Crippen molar-refractivity contribution in [1.29, 1.82) is 0 Å². The Morgan fingerprint density at radius 1 is 0.667 bits per heavy atom. The van der Waals surface area contributed by atoms with Crippen LogP contribution in [0.3, 0.4) is 0 Å². The van der Waals surface area contributed by atoms with Gasteiger partial charge in [0.1, 0.15) is 0 Å². The number of unbranched alkanes of at least 4 members (excludes halogenated alkanes) is 2. The molecule has 0 nitrogen and oxygen atoms in total. The van der Waals surface area contributed by atoms with Crippen molar-refractivity contribution in [3.05, 3.63) is 34.9 Å². The van der Waals surface area contributed by atoms with Gasteiger partial charge in [-0.1, -0.05) is 77.1 Å². The molecule has 0 aliphatic rings. The van der Waals surface area contributed by atoms with Gasteiger partial charge in [0.05, 0.1) is 0 Å². The zero-order valence-electron chi connectivity index (χ0n) is 15.0. The molecule has 0 saturated carbocycles. The van der Waals surface area contributed by atoms with Crippen LogP contribution in [0.15, 0.2) is 18.2 Å². The average molecular weight is 289 g/mol. The van der Waals surface area contributed by atoms with Crippen molar-refractivity contribution in [2.75, 3.05) is 0 Å². The van der Waals surface area contributed by atoms with E-state index in [1.165, 1.54) is 56.9 Å². The predicted octanol–water partition coefficient (Wildman–Crippen LogP) is 6.73. The van der Waals surface area contributed by atoms with Gasteiger partial charge in [-0.2, -0.15) is 0 Å². The molecule has 1 aromatic carbocycles. The number of rotatable bonds is 10. The van der Waals surface area contributed by atoms with E-state index >= 15 is 0 Å². The molecule has 120 valence electrons. The van der Waals surface area contributed by atoms with Crippen LogP contribution in [0.2, 0.25) is 0 Å². The third-order valence-corrected chi connectivity index (χ3v) is 4.19. The van der Waals surface area contributed by atoms with Crippen LogP contribution in [-0.4, -0.2) is 0 Å². The van der Waals surface area contributed by atoms with Crippen LogP contribution in [0, 0.1) is 18.8 Å². The van der Waals surface area contributed by atoms with E-state index in [2.05, 4.69) is 52.8 Å². The van der Waals surface area contributed by atoms with Gasteiger partial charge in [-0.3, -0.25) is 0 Å². The summed E-state index contributed by atoms with van der Waals surface area (Å²) in [6, 6.07) is 7.22. The minimum absolute atomic E-state index is 0.846. The Morgan fingerprint density at radius 3 is 1.48 bits per heavy atom. The zero-order valence-corrected chi connectivity index (χ0v) is 15.0. The molecule has 0 spiro atoms. The van der Waals surface area contributed by atoms with Gasteiger partial charge in [-0.15, -0.1) is 0 Å². The second kappa shape index (κ2) is 10.0. The summed E-state index contributed by atoms with van der Waals surface area (Å²) in [6.45, 7) is 11.5. The molecule has 0 bridgehead atoms. The summed E-state index contributed by atoms with van der Waals surface area (Å²) < 4.78 is 0. The summed E-state index contributed by atoms with van der Waals surface area (Å²) in [5.74, 6) is 1.69. The molecule has 21 heavy (non-hydrogen) atoms. The second-order valence-electron chi connectivity index (χ2n) is 7.61. The molecule has 0 atom stereocenters. The van der Waals surface area contributed by atoms with Crippen LogP contribution >= 0.6 is 0 Å². The van der Waals surface area contributed by atoms with Gasteiger partial charge >= 0.3 is 0 Å². The van der Waals surface area contributed by atoms with Crippen LogP contribution in [0.4, 0.5) is 0 Å². The summed E-state index contributed by atoms with van der Waals surface area (Å²) in [5.41, 5.74) is 4.55. The summed E-state index contributed by atoms with van der Waals surface area (Å²) in [5, 5.41) is 0. The normalized spacial score (nSPS) is 11.6. The number of aryl methyl sites for hydroxylation is 3. The standard InChI is InChI=1S/C21H36/c1-17(2)10-6-8-12-20-14-19(5)15-21(16-20)13-9-7-11-18(3)4/h14-18H,6-13H2,1-5H3. The Labute approximate surface area is 133 Å². The Bertz CT molecular complexity index is 353. The monoisotopic (exact) mass is 288 g/mol. The highest BCUT2D eigenvalue weighted by atomic mass is 14.1. The third kappa shape index (κ3) is 8.96. The lowest BCUT2D eigenvalue weighted by atomic mass is 9.97. The highest BCUT2D eigenvalue weighted by molar-refractivity contribution is 5.29. The number of hydrogen-bond acceptors (Lipinski definition) is 0. The molecule has 0 amide bonds. The SMILES string of the molecule is Cc1cc(CCCCC(C)C)cc(CCCCC(C)C)c1. The maximum atomic E-state index is 2.46. The fraction of sp³-hybridized carbons (Fsp3) is 0.714. The molecule has 0 fully saturated rings. The van der Waals surface area contributed by atoms with E-state index in [4.69, 9.17) is 0 Å². The van der Waals surface area contributed by atoms with Gasteiger partial charge in [0.2, 0.25) is 0 Å². The molecule has 0 saturated heterocycles. The highest BCUT2D eigenvalue weighted by Gasteiger charge is 2.01. The van der Waals surface area contributed by atoms with Crippen LogP contribution < -0.4 is 0 Å². The maximum absolute atomic E-state index is 2.46. The number of hydrogen-bond donors (Lipinski definition) is 0.